The fourth-order valence-electron chi connectivity index (χ4n) is 1.30. The number of hydrogen-bond donors (Lipinski definition) is 0. The lowest BCUT2D eigenvalue weighted by molar-refractivity contribution is -0.0994. The highest BCUT2D eigenvalue weighted by Crippen LogP contribution is 2.38. The van der Waals surface area contributed by atoms with Crippen molar-refractivity contribution in [1.82, 2.24) is 0 Å². The van der Waals surface area contributed by atoms with E-state index in [1.807, 2.05) is 0 Å². The molecule has 0 amide bonds. The smallest absolute Gasteiger partial charge is 0.306 e. The highest BCUT2D eigenvalue weighted by molar-refractivity contribution is 7.95. The summed E-state index contributed by atoms with van der Waals surface area (Å²) in [6, 6.07) is 4.55. The molecule has 3 nitrogen and oxygen atoms in total. The summed E-state index contributed by atoms with van der Waals surface area (Å²) in [4.78, 5) is 10.3. The van der Waals surface area contributed by atoms with Crippen molar-refractivity contribution in [2.45, 2.75) is 30.9 Å². The number of alkyl halides is 4. The Morgan fingerprint density at radius 1 is 1.35 bits per heavy atom. The zero-order valence-corrected chi connectivity index (χ0v) is 11.6. The van der Waals surface area contributed by atoms with E-state index in [4.69, 9.17) is 0 Å². The lowest BCUT2D eigenvalue weighted by Gasteiger charge is -2.22. The van der Waals surface area contributed by atoms with E-state index in [2.05, 4.69) is 9.36 Å². The van der Waals surface area contributed by atoms with Gasteiger partial charge in [-0.1, -0.05) is 12.1 Å². The van der Waals surface area contributed by atoms with Crippen molar-refractivity contribution < 1.29 is 21.7 Å². The first kappa shape index (κ1) is 16.9. The highest BCUT2D eigenvalue weighted by atomic mass is 32.2. The van der Waals surface area contributed by atoms with E-state index in [-0.39, 0.29) is 23.3 Å². The molecule has 0 bridgehead atoms. The monoisotopic (exact) mass is 311 g/mol. The molecule has 0 fully saturated rings. The Kier molecular flexibility index (Phi) is 5.52. The van der Waals surface area contributed by atoms with E-state index in [0.717, 1.165) is 26.0 Å². The molecular formula is C12H13F4NO2S. The molecule has 0 aliphatic rings. The van der Waals surface area contributed by atoms with Crippen LogP contribution in [-0.4, -0.2) is 17.5 Å². The van der Waals surface area contributed by atoms with Gasteiger partial charge in [-0.2, -0.15) is 0 Å². The molecule has 0 saturated carbocycles. The van der Waals surface area contributed by atoms with Gasteiger partial charge in [0.25, 0.3) is 0 Å². The van der Waals surface area contributed by atoms with Crippen LogP contribution in [0, 0.1) is 4.91 Å². The summed E-state index contributed by atoms with van der Waals surface area (Å²) in [5.74, 6) is -3.85. The van der Waals surface area contributed by atoms with Crippen LogP contribution in [0.5, 0.6) is 0 Å². The first-order chi connectivity index (χ1) is 9.15. The third-order valence-corrected chi connectivity index (χ3v) is 2.78. The lowest BCUT2D eigenvalue weighted by Crippen LogP contribution is -2.29. The van der Waals surface area contributed by atoms with Crippen molar-refractivity contribution >= 4 is 17.7 Å². The predicted octanol–water partition coefficient (Wildman–Crippen LogP) is 5.10. The number of hydrogen-bond acceptors (Lipinski definition) is 4. The molecule has 0 N–H and O–H groups in total. The summed E-state index contributed by atoms with van der Waals surface area (Å²) in [5.41, 5.74) is -0.540. The number of halogens is 4. The van der Waals surface area contributed by atoms with Crippen molar-refractivity contribution in [3.63, 3.8) is 0 Å². The minimum absolute atomic E-state index is 0.152. The van der Waals surface area contributed by atoms with Gasteiger partial charge in [0.05, 0.1) is 0 Å². The van der Waals surface area contributed by atoms with Gasteiger partial charge in [-0.25, -0.2) is 17.6 Å². The fraction of sp³-hybridized carbons (Fsp3) is 0.500. The molecule has 0 aliphatic carbocycles. The number of nitroso groups, excluding NO2 is 1. The van der Waals surface area contributed by atoms with Gasteiger partial charge in [0, 0.05) is 12.0 Å². The molecule has 1 aromatic rings. The molecule has 0 heterocycles. The van der Waals surface area contributed by atoms with Crippen LogP contribution in [0.3, 0.4) is 0 Å². The second kappa shape index (κ2) is 6.53. The molecule has 0 radical (unpaired) electrons. The van der Waals surface area contributed by atoms with E-state index in [1.54, 1.807) is 0 Å². The van der Waals surface area contributed by atoms with Gasteiger partial charge in [-0.05, 0) is 36.7 Å². The molecule has 20 heavy (non-hydrogen) atoms. The molecule has 0 spiro atoms. The van der Waals surface area contributed by atoms with Crippen molar-refractivity contribution in [3.8, 4) is 0 Å². The van der Waals surface area contributed by atoms with Crippen LogP contribution >= 0.6 is 12.0 Å². The average Bonchev–Trinajstić information content (AvgIpc) is 2.36. The van der Waals surface area contributed by atoms with Gasteiger partial charge in [-0.15, -0.1) is 4.91 Å². The topological polar surface area (TPSA) is 38.7 Å². The Hall–Kier alpha value is -1.15. The van der Waals surface area contributed by atoms with Crippen molar-refractivity contribution in [1.29, 1.82) is 0 Å². The van der Waals surface area contributed by atoms with Crippen LogP contribution in [0.2, 0.25) is 0 Å². The number of rotatable bonds is 7. The quantitative estimate of drug-likeness (QED) is 0.399. The maximum atomic E-state index is 13.8. The van der Waals surface area contributed by atoms with Crippen LogP contribution in [0.1, 0.15) is 25.6 Å². The predicted molar refractivity (Wildman–Crippen MR) is 69.4 cm³/mol. The first-order valence-electron chi connectivity index (χ1n) is 5.60. The highest BCUT2D eigenvalue weighted by Gasteiger charge is 2.42. The lowest BCUT2D eigenvalue weighted by atomic mass is 10.0. The van der Waals surface area contributed by atoms with Crippen LogP contribution in [0.25, 0.3) is 0 Å². The first-order valence-corrected chi connectivity index (χ1v) is 6.34. The zero-order valence-electron chi connectivity index (χ0n) is 10.8. The second-order valence-corrected chi connectivity index (χ2v) is 5.89. The molecule has 112 valence electrons. The molecule has 8 heteroatoms. The fourth-order valence-corrected chi connectivity index (χ4v) is 1.80. The maximum Gasteiger partial charge on any atom is 0.306 e. The van der Waals surface area contributed by atoms with Gasteiger partial charge in [0.15, 0.2) is 11.2 Å². The Bertz CT molecular complexity index is 465. The standard InChI is InChI=1S/C12H13F4NO2S/c1-11(2,14)20-19-7-12(15,16)10(13)8-4-3-5-9(6-8)17-18/h3-6,10H,7H2,1-2H3. The molecule has 0 aliphatic heterocycles. The molecule has 0 saturated heterocycles. The van der Waals surface area contributed by atoms with Crippen molar-refractivity contribution in [3.05, 3.63) is 34.7 Å². The van der Waals surface area contributed by atoms with E-state index < -0.39 is 23.7 Å². The summed E-state index contributed by atoms with van der Waals surface area (Å²) >= 11 is 0.199. The largest absolute Gasteiger partial charge is 0.306 e. The molecule has 1 atom stereocenters. The normalized spacial score (nSPS) is 14.1. The Balaban J connectivity index is 2.72. The van der Waals surface area contributed by atoms with Crippen LogP contribution < -0.4 is 0 Å². The van der Waals surface area contributed by atoms with Gasteiger partial charge < -0.3 is 4.18 Å². The van der Waals surface area contributed by atoms with Gasteiger partial charge >= 0.3 is 5.92 Å². The van der Waals surface area contributed by atoms with Crippen LogP contribution in [-0.2, 0) is 4.18 Å². The summed E-state index contributed by atoms with van der Waals surface area (Å²) in [6.45, 7) is 0.967. The Morgan fingerprint density at radius 2 is 2.00 bits per heavy atom. The van der Waals surface area contributed by atoms with Crippen molar-refractivity contribution in [2.24, 2.45) is 5.18 Å². The van der Waals surface area contributed by atoms with E-state index in [1.165, 1.54) is 12.1 Å². The minimum Gasteiger partial charge on any atom is -0.306 e. The second-order valence-electron chi connectivity index (χ2n) is 4.52. The summed E-state index contributed by atoms with van der Waals surface area (Å²) in [5, 5.41) is 0.686. The minimum atomic E-state index is -3.85. The summed E-state index contributed by atoms with van der Waals surface area (Å²) in [7, 11) is 0. The number of benzene rings is 1. The maximum absolute atomic E-state index is 13.8. The van der Waals surface area contributed by atoms with E-state index >= 15 is 0 Å². The molecule has 0 aromatic heterocycles. The Labute approximate surface area is 117 Å². The zero-order chi connectivity index (χ0) is 15.4. The van der Waals surface area contributed by atoms with E-state index in [0.29, 0.717) is 0 Å². The van der Waals surface area contributed by atoms with Crippen LogP contribution in [0.15, 0.2) is 29.4 Å². The summed E-state index contributed by atoms with van der Waals surface area (Å²) < 4.78 is 58.4. The third kappa shape index (κ3) is 5.09. The van der Waals surface area contributed by atoms with Gasteiger partial charge in [0.2, 0.25) is 0 Å². The molecule has 1 rings (SSSR count). The third-order valence-electron chi connectivity index (χ3n) is 2.15. The molecule has 1 aromatic carbocycles. The van der Waals surface area contributed by atoms with Crippen molar-refractivity contribution in [2.75, 3.05) is 6.61 Å². The molecular weight excluding hydrogens is 298 g/mol. The summed E-state index contributed by atoms with van der Waals surface area (Å²) in [6.07, 6.45) is -2.67. The van der Waals surface area contributed by atoms with E-state index in [9.17, 15) is 22.5 Å². The SMILES string of the molecule is CC(C)(F)SOCC(F)(F)C(F)c1cccc(N=O)c1. The average molecular weight is 311 g/mol. The van der Waals surface area contributed by atoms with Gasteiger partial charge in [-0.3, -0.25) is 0 Å². The van der Waals surface area contributed by atoms with Gasteiger partial charge in [0.1, 0.15) is 12.3 Å². The Morgan fingerprint density at radius 3 is 2.55 bits per heavy atom. The van der Waals surface area contributed by atoms with Crippen LogP contribution in [0.4, 0.5) is 23.2 Å². The number of nitrogens with zero attached hydrogens (tertiary/aromatic N) is 1. The molecule has 1 unspecified atom stereocenters.